The number of nitrogens with two attached hydrogens (primary N) is 1. The Bertz CT molecular complexity index is 962. The van der Waals surface area contributed by atoms with Gasteiger partial charge in [0, 0.05) is 43.4 Å². The Morgan fingerprint density at radius 1 is 1.15 bits per heavy atom. The Morgan fingerprint density at radius 3 is 2.50 bits per heavy atom. The van der Waals surface area contributed by atoms with E-state index in [-0.39, 0.29) is 11.7 Å². The zero-order chi connectivity index (χ0) is 18.3. The van der Waals surface area contributed by atoms with Crippen molar-refractivity contribution in [2.75, 3.05) is 36.8 Å². The number of aryl methyl sites for hydroxylation is 1. The van der Waals surface area contributed by atoms with Crippen LogP contribution in [-0.2, 0) is 0 Å². The fraction of sp³-hybridized carbons (Fsp3) is 0.263. The Labute approximate surface area is 154 Å². The largest absolute Gasteiger partial charge is 0.397 e. The molecule has 5 nitrogen and oxygen atoms in total. The highest BCUT2D eigenvalue weighted by Crippen LogP contribution is 2.35. The van der Waals surface area contributed by atoms with Crippen molar-refractivity contribution in [2.45, 2.75) is 6.92 Å². The first kappa shape index (κ1) is 16.8. The minimum Gasteiger partial charge on any atom is -0.397 e. The highest BCUT2D eigenvalue weighted by atomic mass is 32.1. The molecular formula is C19H19FN4OS. The number of thiophene rings is 1. The fourth-order valence-electron chi connectivity index (χ4n) is 3.33. The van der Waals surface area contributed by atoms with Crippen molar-refractivity contribution in [1.82, 2.24) is 9.88 Å². The zero-order valence-electron chi connectivity index (χ0n) is 14.4. The molecule has 0 aliphatic carbocycles. The van der Waals surface area contributed by atoms with E-state index in [9.17, 15) is 9.18 Å². The second kappa shape index (κ2) is 6.57. The van der Waals surface area contributed by atoms with Crippen LogP contribution in [0.3, 0.4) is 0 Å². The second-order valence-electron chi connectivity index (χ2n) is 6.41. The van der Waals surface area contributed by atoms with Crippen LogP contribution in [0.4, 0.5) is 15.8 Å². The number of fused-ring (bicyclic) bond motifs is 1. The summed E-state index contributed by atoms with van der Waals surface area (Å²) in [6, 6.07) is 8.36. The average molecular weight is 370 g/mol. The Hall–Kier alpha value is -2.67. The highest BCUT2D eigenvalue weighted by molar-refractivity contribution is 7.21. The third-order valence-corrected chi connectivity index (χ3v) is 5.89. The van der Waals surface area contributed by atoms with E-state index in [0.29, 0.717) is 36.7 Å². The van der Waals surface area contributed by atoms with Crippen LogP contribution in [0.5, 0.6) is 0 Å². The van der Waals surface area contributed by atoms with Gasteiger partial charge in [-0.3, -0.25) is 4.79 Å². The van der Waals surface area contributed by atoms with E-state index >= 15 is 0 Å². The molecule has 0 radical (unpaired) electrons. The predicted octanol–water partition coefficient (Wildman–Crippen LogP) is 3.29. The molecule has 0 bridgehead atoms. The number of rotatable bonds is 2. The molecule has 1 aliphatic rings. The lowest BCUT2D eigenvalue weighted by molar-refractivity contribution is 0.0752. The van der Waals surface area contributed by atoms with Crippen molar-refractivity contribution < 1.29 is 9.18 Å². The average Bonchev–Trinajstić information content (AvgIpc) is 3.00. The van der Waals surface area contributed by atoms with Gasteiger partial charge in [-0.05, 0) is 42.8 Å². The number of aromatic nitrogens is 1. The molecule has 4 rings (SSSR count). The lowest BCUT2D eigenvalue weighted by Gasteiger charge is -2.36. The van der Waals surface area contributed by atoms with Gasteiger partial charge in [0.1, 0.15) is 15.5 Å². The Balaban J connectivity index is 1.51. The van der Waals surface area contributed by atoms with Crippen molar-refractivity contribution in [3.8, 4) is 0 Å². The van der Waals surface area contributed by atoms with Gasteiger partial charge in [0.15, 0.2) is 0 Å². The molecule has 3 aromatic rings. The highest BCUT2D eigenvalue weighted by Gasteiger charge is 2.26. The summed E-state index contributed by atoms with van der Waals surface area (Å²) in [4.78, 5) is 22.6. The summed E-state index contributed by atoms with van der Waals surface area (Å²) in [6.07, 6.45) is 1.74. The van der Waals surface area contributed by atoms with E-state index < -0.39 is 0 Å². The van der Waals surface area contributed by atoms with Crippen LogP contribution < -0.4 is 10.6 Å². The number of benzene rings is 1. The number of carbonyl (C=O) groups is 1. The van der Waals surface area contributed by atoms with E-state index in [4.69, 9.17) is 5.73 Å². The number of amides is 1. The molecule has 1 fully saturated rings. The van der Waals surface area contributed by atoms with Gasteiger partial charge in [0.05, 0.1) is 5.69 Å². The molecule has 3 heterocycles. The van der Waals surface area contributed by atoms with Gasteiger partial charge in [0.2, 0.25) is 0 Å². The molecule has 0 atom stereocenters. The van der Waals surface area contributed by atoms with Crippen LogP contribution in [-0.4, -0.2) is 42.0 Å². The first-order valence-corrected chi connectivity index (χ1v) is 9.29. The molecular weight excluding hydrogens is 351 g/mol. The maximum Gasteiger partial charge on any atom is 0.266 e. The first-order chi connectivity index (χ1) is 12.5. The SMILES string of the molecule is Cc1ccnc2sc(C(=O)N3CCN(c4ccc(F)cc4)CC3)c(N)c12. The number of nitrogen functional groups attached to an aromatic ring is 1. The van der Waals surface area contributed by atoms with Crippen molar-refractivity contribution in [3.05, 3.63) is 52.8 Å². The molecule has 134 valence electrons. The maximum absolute atomic E-state index is 13.1. The normalized spacial score (nSPS) is 14.8. The number of anilines is 2. The fourth-order valence-corrected chi connectivity index (χ4v) is 4.43. The molecule has 0 unspecified atom stereocenters. The molecule has 2 N–H and O–H groups in total. The third kappa shape index (κ3) is 2.88. The maximum atomic E-state index is 13.1. The number of carbonyl (C=O) groups excluding carboxylic acids is 1. The Morgan fingerprint density at radius 2 is 1.85 bits per heavy atom. The van der Waals surface area contributed by atoms with Gasteiger partial charge in [-0.15, -0.1) is 11.3 Å². The molecule has 26 heavy (non-hydrogen) atoms. The van der Waals surface area contributed by atoms with Gasteiger partial charge >= 0.3 is 0 Å². The smallest absolute Gasteiger partial charge is 0.266 e. The molecule has 2 aromatic heterocycles. The lowest BCUT2D eigenvalue weighted by atomic mass is 10.1. The lowest BCUT2D eigenvalue weighted by Crippen LogP contribution is -2.48. The number of hydrogen-bond donors (Lipinski definition) is 1. The van der Waals surface area contributed by atoms with Gasteiger partial charge in [-0.2, -0.15) is 0 Å². The van der Waals surface area contributed by atoms with Crippen LogP contribution in [0.1, 0.15) is 15.2 Å². The van der Waals surface area contributed by atoms with Crippen LogP contribution in [0.25, 0.3) is 10.2 Å². The molecule has 1 aromatic carbocycles. The van der Waals surface area contributed by atoms with Crippen LogP contribution in [0, 0.1) is 12.7 Å². The molecule has 1 amide bonds. The summed E-state index contributed by atoms with van der Waals surface area (Å²) in [5, 5.41) is 0.880. The third-order valence-electron chi connectivity index (χ3n) is 4.79. The van der Waals surface area contributed by atoms with Crippen LogP contribution in [0.2, 0.25) is 0 Å². The van der Waals surface area contributed by atoms with Crippen molar-refractivity contribution in [1.29, 1.82) is 0 Å². The van der Waals surface area contributed by atoms with Gasteiger partial charge in [-0.1, -0.05) is 0 Å². The van der Waals surface area contributed by atoms with E-state index in [1.807, 2.05) is 17.9 Å². The summed E-state index contributed by atoms with van der Waals surface area (Å²) in [6.45, 7) is 4.61. The topological polar surface area (TPSA) is 62.5 Å². The first-order valence-electron chi connectivity index (χ1n) is 8.48. The summed E-state index contributed by atoms with van der Waals surface area (Å²) in [7, 11) is 0. The van der Waals surface area contributed by atoms with E-state index in [1.54, 1.807) is 18.3 Å². The van der Waals surface area contributed by atoms with Crippen molar-refractivity contribution in [2.24, 2.45) is 0 Å². The van der Waals surface area contributed by atoms with E-state index in [2.05, 4.69) is 9.88 Å². The molecule has 1 saturated heterocycles. The van der Waals surface area contributed by atoms with Gasteiger partial charge < -0.3 is 15.5 Å². The number of nitrogens with zero attached hydrogens (tertiary/aromatic N) is 3. The molecule has 7 heteroatoms. The summed E-state index contributed by atoms with van der Waals surface area (Å²) < 4.78 is 13.1. The number of halogens is 1. The molecule has 0 spiro atoms. The monoisotopic (exact) mass is 370 g/mol. The minimum absolute atomic E-state index is 0.0383. The van der Waals surface area contributed by atoms with Crippen LogP contribution >= 0.6 is 11.3 Å². The Kier molecular flexibility index (Phi) is 4.24. The molecule has 0 saturated carbocycles. The van der Waals surface area contributed by atoms with E-state index in [1.165, 1.54) is 23.5 Å². The van der Waals surface area contributed by atoms with Crippen LogP contribution in [0.15, 0.2) is 36.5 Å². The summed E-state index contributed by atoms with van der Waals surface area (Å²) in [5.41, 5.74) is 8.79. The molecule has 1 aliphatic heterocycles. The van der Waals surface area contributed by atoms with Crippen molar-refractivity contribution >= 4 is 38.8 Å². The summed E-state index contributed by atoms with van der Waals surface area (Å²) in [5.74, 6) is -0.282. The number of hydrogen-bond acceptors (Lipinski definition) is 5. The standard InChI is InChI=1S/C19H19FN4OS/c1-12-6-7-22-18-15(12)16(21)17(26-18)19(25)24-10-8-23(9-11-24)14-4-2-13(20)3-5-14/h2-7H,8-11,21H2,1H3. The predicted molar refractivity (Wildman–Crippen MR) is 103 cm³/mol. The van der Waals surface area contributed by atoms with Crippen molar-refractivity contribution in [3.63, 3.8) is 0 Å². The van der Waals surface area contributed by atoms with Gasteiger partial charge in [-0.25, -0.2) is 9.37 Å². The number of piperazine rings is 1. The minimum atomic E-state index is -0.244. The van der Waals surface area contributed by atoms with Gasteiger partial charge in [0.25, 0.3) is 5.91 Å². The number of pyridine rings is 1. The second-order valence-corrected chi connectivity index (χ2v) is 7.41. The zero-order valence-corrected chi connectivity index (χ0v) is 15.2. The van der Waals surface area contributed by atoms with E-state index in [0.717, 1.165) is 21.5 Å². The quantitative estimate of drug-likeness (QED) is 0.752. The summed E-state index contributed by atoms with van der Waals surface area (Å²) >= 11 is 1.36.